The van der Waals surface area contributed by atoms with Crippen LogP contribution in [0.15, 0.2) is 48.5 Å². The van der Waals surface area contributed by atoms with Gasteiger partial charge in [-0.05, 0) is 30.2 Å². The van der Waals surface area contributed by atoms with E-state index in [0.717, 1.165) is 16.7 Å². The molecule has 22 heavy (non-hydrogen) atoms. The highest BCUT2D eigenvalue weighted by Crippen LogP contribution is 2.25. The number of hydrogen-bond donors (Lipinski definition) is 1. The Bertz CT molecular complexity index is 721. The fraction of sp³-hybridized carbons (Fsp3) is 0.222. The largest absolute Gasteiger partial charge is 0.480 e. The summed E-state index contributed by atoms with van der Waals surface area (Å²) in [4.78, 5) is 25.7. The standard InChI is InChI=1S/C18H17NO3/c1-12-6-8-13(9-7-12)17(20)19-11-15-5-3-2-4-14(15)10-16(19)18(21)22/h2-9,16H,10-11H2,1H3,(H,21,22)/t16-/m1/s1. The predicted molar refractivity (Wildman–Crippen MR) is 82.6 cm³/mol. The van der Waals surface area contributed by atoms with Gasteiger partial charge in [0, 0.05) is 18.5 Å². The summed E-state index contributed by atoms with van der Waals surface area (Å²) in [5.74, 6) is -1.20. The molecule has 3 rings (SSSR count). The number of fused-ring (bicyclic) bond motifs is 1. The van der Waals surface area contributed by atoms with Crippen LogP contribution in [0.3, 0.4) is 0 Å². The van der Waals surface area contributed by atoms with E-state index in [0.29, 0.717) is 18.5 Å². The molecule has 0 saturated heterocycles. The Kier molecular flexibility index (Phi) is 3.67. The molecule has 0 spiro atoms. The molecule has 0 radical (unpaired) electrons. The number of nitrogens with zero attached hydrogens (tertiary/aromatic N) is 1. The average Bonchev–Trinajstić information content (AvgIpc) is 2.53. The van der Waals surface area contributed by atoms with Crippen LogP contribution in [0.4, 0.5) is 0 Å². The van der Waals surface area contributed by atoms with E-state index in [4.69, 9.17) is 0 Å². The van der Waals surface area contributed by atoms with Gasteiger partial charge >= 0.3 is 5.97 Å². The van der Waals surface area contributed by atoms with Crippen molar-refractivity contribution in [3.63, 3.8) is 0 Å². The summed E-state index contributed by atoms with van der Waals surface area (Å²) < 4.78 is 0. The Balaban J connectivity index is 1.95. The lowest BCUT2D eigenvalue weighted by atomic mass is 9.93. The van der Waals surface area contributed by atoms with Gasteiger partial charge in [0.25, 0.3) is 5.91 Å². The van der Waals surface area contributed by atoms with E-state index in [1.54, 1.807) is 12.1 Å². The topological polar surface area (TPSA) is 57.6 Å². The molecule has 4 heteroatoms. The zero-order valence-corrected chi connectivity index (χ0v) is 12.3. The van der Waals surface area contributed by atoms with Crippen LogP contribution in [-0.4, -0.2) is 27.9 Å². The molecule has 1 amide bonds. The number of carbonyl (C=O) groups is 2. The zero-order valence-electron chi connectivity index (χ0n) is 12.3. The van der Waals surface area contributed by atoms with E-state index >= 15 is 0 Å². The summed E-state index contributed by atoms with van der Waals surface area (Å²) in [6.07, 6.45) is 0.350. The maximum absolute atomic E-state index is 12.7. The monoisotopic (exact) mass is 295 g/mol. The first kappa shape index (κ1) is 14.3. The number of benzene rings is 2. The second-order valence-electron chi connectivity index (χ2n) is 5.63. The summed E-state index contributed by atoms with van der Waals surface area (Å²) >= 11 is 0. The number of hydrogen-bond acceptors (Lipinski definition) is 2. The van der Waals surface area contributed by atoms with Crippen LogP contribution < -0.4 is 0 Å². The quantitative estimate of drug-likeness (QED) is 0.926. The molecule has 1 aliphatic heterocycles. The van der Waals surface area contributed by atoms with Crippen molar-refractivity contribution in [3.8, 4) is 0 Å². The summed E-state index contributed by atoms with van der Waals surface area (Å²) in [5, 5.41) is 9.48. The van der Waals surface area contributed by atoms with Crippen LogP contribution in [0.25, 0.3) is 0 Å². The van der Waals surface area contributed by atoms with Gasteiger partial charge in [0.1, 0.15) is 6.04 Å². The van der Waals surface area contributed by atoms with Crippen LogP contribution in [0.5, 0.6) is 0 Å². The molecule has 0 unspecified atom stereocenters. The van der Waals surface area contributed by atoms with Gasteiger partial charge in [-0.3, -0.25) is 4.79 Å². The predicted octanol–water partition coefficient (Wildman–Crippen LogP) is 2.65. The first-order valence-corrected chi connectivity index (χ1v) is 7.23. The van der Waals surface area contributed by atoms with Crippen molar-refractivity contribution >= 4 is 11.9 Å². The van der Waals surface area contributed by atoms with E-state index < -0.39 is 12.0 Å². The lowest BCUT2D eigenvalue weighted by Crippen LogP contribution is -2.48. The number of aliphatic carboxylic acids is 1. The fourth-order valence-electron chi connectivity index (χ4n) is 2.82. The van der Waals surface area contributed by atoms with E-state index in [-0.39, 0.29) is 5.91 Å². The summed E-state index contributed by atoms with van der Waals surface area (Å²) in [7, 11) is 0. The normalized spacial score (nSPS) is 17.0. The van der Waals surface area contributed by atoms with Gasteiger partial charge in [0.05, 0.1) is 0 Å². The molecule has 2 aromatic rings. The smallest absolute Gasteiger partial charge is 0.326 e. The molecule has 1 aliphatic rings. The molecule has 1 N–H and O–H groups in total. The van der Waals surface area contributed by atoms with Crippen molar-refractivity contribution in [1.82, 2.24) is 4.90 Å². The van der Waals surface area contributed by atoms with Crippen molar-refractivity contribution in [3.05, 3.63) is 70.8 Å². The minimum Gasteiger partial charge on any atom is -0.480 e. The van der Waals surface area contributed by atoms with Crippen molar-refractivity contribution in [2.75, 3.05) is 0 Å². The molecular weight excluding hydrogens is 278 g/mol. The van der Waals surface area contributed by atoms with Crippen molar-refractivity contribution in [2.24, 2.45) is 0 Å². The zero-order chi connectivity index (χ0) is 15.7. The van der Waals surface area contributed by atoms with Crippen molar-refractivity contribution < 1.29 is 14.7 Å². The maximum Gasteiger partial charge on any atom is 0.326 e. The van der Waals surface area contributed by atoms with Crippen LogP contribution in [0, 0.1) is 6.92 Å². The minimum atomic E-state index is -0.963. The molecule has 0 bridgehead atoms. The van der Waals surface area contributed by atoms with Crippen LogP contribution in [0.2, 0.25) is 0 Å². The van der Waals surface area contributed by atoms with Crippen molar-refractivity contribution in [1.29, 1.82) is 0 Å². The average molecular weight is 295 g/mol. The third-order valence-electron chi connectivity index (χ3n) is 4.09. The highest BCUT2D eigenvalue weighted by Gasteiger charge is 2.34. The molecule has 1 heterocycles. The third-order valence-corrected chi connectivity index (χ3v) is 4.09. The Labute approximate surface area is 129 Å². The van der Waals surface area contributed by atoms with Gasteiger partial charge in [-0.15, -0.1) is 0 Å². The number of carboxylic acids is 1. The summed E-state index contributed by atoms with van der Waals surface area (Å²) in [6.45, 7) is 2.28. The van der Waals surface area contributed by atoms with Gasteiger partial charge < -0.3 is 10.0 Å². The van der Waals surface area contributed by atoms with E-state index in [9.17, 15) is 14.7 Å². The Morgan fingerprint density at radius 3 is 2.32 bits per heavy atom. The van der Waals surface area contributed by atoms with Crippen molar-refractivity contribution in [2.45, 2.75) is 25.9 Å². The first-order chi connectivity index (χ1) is 10.6. The van der Waals surface area contributed by atoms with Gasteiger partial charge in [0.2, 0.25) is 0 Å². The van der Waals surface area contributed by atoms with Crippen LogP contribution in [-0.2, 0) is 17.8 Å². The lowest BCUT2D eigenvalue weighted by molar-refractivity contribution is -0.142. The van der Waals surface area contributed by atoms with E-state index in [1.807, 2.05) is 43.3 Å². The molecule has 0 aliphatic carbocycles. The summed E-state index contributed by atoms with van der Waals surface area (Å²) in [5.41, 5.74) is 3.61. The number of amides is 1. The molecule has 0 aromatic heterocycles. The molecule has 0 fully saturated rings. The lowest BCUT2D eigenvalue weighted by Gasteiger charge is -2.34. The third kappa shape index (κ3) is 2.60. The van der Waals surface area contributed by atoms with Gasteiger partial charge in [-0.1, -0.05) is 42.0 Å². The van der Waals surface area contributed by atoms with Gasteiger partial charge in [-0.2, -0.15) is 0 Å². The first-order valence-electron chi connectivity index (χ1n) is 7.23. The molecule has 0 saturated carbocycles. The number of carboxylic acid groups (broad SMARTS) is 1. The minimum absolute atomic E-state index is 0.234. The highest BCUT2D eigenvalue weighted by atomic mass is 16.4. The summed E-state index contributed by atoms with van der Waals surface area (Å²) in [6, 6.07) is 14.1. The van der Waals surface area contributed by atoms with E-state index in [2.05, 4.69) is 0 Å². The molecule has 2 aromatic carbocycles. The molecule has 112 valence electrons. The van der Waals surface area contributed by atoms with Crippen LogP contribution in [0.1, 0.15) is 27.0 Å². The van der Waals surface area contributed by atoms with Gasteiger partial charge in [0.15, 0.2) is 0 Å². The number of rotatable bonds is 2. The highest BCUT2D eigenvalue weighted by molar-refractivity contribution is 5.97. The fourth-order valence-corrected chi connectivity index (χ4v) is 2.82. The number of carbonyl (C=O) groups excluding carboxylic acids is 1. The Morgan fingerprint density at radius 1 is 1.05 bits per heavy atom. The SMILES string of the molecule is Cc1ccc(C(=O)N2Cc3ccccc3C[C@@H]2C(=O)O)cc1. The second-order valence-corrected chi connectivity index (χ2v) is 5.63. The van der Waals surface area contributed by atoms with Gasteiger partial charge in [-0.25, -0.2) is 4.79 Å². The Morgan fingerprint density at radius 2 is 1.68 bits per heavy atom. The second kappa shape index (κ2) is 5.64. The number of aryl methyl sites for hydroxylation is 1. The van der Waals surface area contributed by atoms with E-state index in [1.165, 1.54) is 4.90 Å². The maximum atomic E-state index is 12.7. The molecule has 1 atom stereocenters. The molecular formula is C18H17NO3. The van der Waals surface area contributed by atoms with Crippen LogP contribution >= 0.6 is 0 Å². The molecule has 4 nitrogen and oxygen atoms in total. The Hall–Kier alpha value is -2.62.